The molecule has 11 heavy (non-hydrogen) atoms. The van der Waals surface area contributed by atoms with Crippen molar-refractivity contribution in [2.45, 2.75) is 13.8 Å². The second-order valence-electron chi connectivity index (χ2n) is 2.64. The fourth-order valence-electron chi connectivity index (χ4n) is 0.921. The third-order valence-corrected chi connectivity index (χ3v) is 3.23. The Morgan fingerprint density at radius 2 is 1.82 bits per heavy atom. The Bertz CT molecular complexity index is 268. The molecule has 60 valence electrons. The van der Waals surface area contributed by atoms with Crippen LogP contribution in [0.25, 0.3) is 0 Å². The van der Waals surface area contributed by atoms with E-state index in [0.717, 1.165) is 3.57 Å². The summed E-state index contributed by atoms with van der Waals surface area (Å²) in [5, 5.41) is 0. The normalized spacial score (nSPS) is 10.1. The maximum absolute atomic E-state index is 5.72. The molecule has 0 radical (unpaired) electrons. The highest BCUT2D eigenvalue weighted by molar-refractivity contribution is 14.1. The topological polar surface area (TPSA) is 52.0 Å². The monoisotopic (exact) mass is 262 g/mol. The quantitative estimate of drug-likeness (QED) is 0.555. The third kappa shape index (κ3) is 1.42. The van der Waals surface area contributed by atoms with Crippen LogP contribution in [0.4, 0.5) is 11.4 Å². The summed E-state index contributed by atoms with van der Waals surface area (Å²) in [4.78, 5) is 0. The molecule has 0 amide bonds. The molecular formula is C8H11IN2. The van der Waals surface area contributed by atoms with E-state index in [-0.39, 0.29) is 0 Å². The van der Waals surface area contributed by atoms with Gasteiger partial charge in [0.05, 0.1) is 11.4 Å². The lowest BCUT2D eigenvalue weighted by atomic mass is 10.1. The van der Waals surface area contributed by atoms with Crippen molar-refractivity contribution in [1.82, 2.24) is 0 Å². The summed E-state index contributed by atoms with van der Waals surface area (Å²) in [6, 6.07) is 1.91. The molecule has 0 bridgehead atoms. The first-order valence-corrected chi connectivity index (χ1v) is 4.42. The summed E-state index contributed by atoms with van der Waals surface area (Å²) in [7, 11) is 0. The lowest BCUT2D eigenvalue weighted by molar-refractivity contribution is 1.32. The van der Waals surface area contributed by atoms with Gasteiger partial charge >= 0.3 is 0 Å². The van der Waals surface area contributed by atoms with E-state index in [1.807, 2.05) is 19.9 Å². The molecular weight excluding hydrogens is 251 g/mol. The van der Waals surface area contributed by atoms with E-state index in [0.29, 0.717) is 11.4 Å². The first kappa shape index (κ1) is 8.64. The minimum Gasteiger partial charge on any atom is -0.397 e. The molecule has 0 aliphatic heterocycles. The number of benzene rings is 1. The van der Waals surface area contributed by atoms with Gasteiger partial charge in [-0.1, -0.05) is 0 Å². The first-order valence-electron chi connectivity index (χ1n) is 3.34. The summed E-state index contributed by atoms with van der Waals surface area (Å²) in [6.45, 7) is 4.08. The molecule has 0 aromatic heterocycles. The lowest BCUT2D eigenvalue weighted by Crippen LogP contribution is -2.00. The number of aryl methyl sites for hydroxylation is 1. The zero-order chi connectivity index (χ0) is 8.59. The van der Waals surface area contributed by atoms with Crippen molar-refractivity contribution in [2.75, 3.05) is 11.5 Å². The highest BCUT2D eigenvalue weighted by atomic mass is 127. The molecule has 1 aromatic carbocycles. The van der Waals surface area contributed by atoms with E-state index < -0.39 is 0 Å². The molecule has 2 nitrogen and oxygen atoms in total. The molecule has 0 saturated heterocycles. The van der Waals surface area contributed by atoms with Gasteiger partial charge in [0.2, 0.25) is 0 Å². The molecule has 0 atom stereocenters. The van der Waals surface area contributed by atoms with Crippen LogP contribution in [0.5, 0.6) is 0 Å². The highest BCUT2D eigenvalue weighted by Gasteiger charge is 2.05. The van der Waals surface area contributed by atoms with Gasteiger partial charge in [0.1, 0.15) is 0 Å². The average Bonchev–Trinajstić information content (AvgIpc) is 1.97. The number of anilines is 2. The second-order valence-corrected chi connectivity index (χ2v) is 3.71. The van der Waals surface area contributed by atoms with Crippen LogP contribution in [-0.4, -0.2) is 0 Å². The summed E-state index contributed by atoms with van der Waals surface area (Å²) in [6.07, 6.45) is 0. The van der Waals surface area contributed by atoms with Gasteiger partial charge < -0.3 is 11.5 Å². The van der Waals surface area contributed by atoms with E-state index in [1.54, 1.807) is 0 Å². The van der Waals surface area contributed by atoms with Gasteiger partial charge in [-0.25, -0.2) is 0 Å². The largest absolute Gasteiger partial charge is 0.397 e. The van der Waals surface area contributed by atoms with Gasteiger partial charge in [-0.15, -0.1) is 0 Å². The van der Waals surface area contributed by atoms with E-state index in [2.05, 4.69) is 22.6 Å². The number of nitrogens with two attached hydrogens (primary N) is 2. The number of halogens is 1. The van der Waals surface area contributed by atoms with Crippen LogP contribution < -0.4 is 11.5 Å². The maximum atomic E-state index is 5.72. The van der Waals surface area contributed by atoms with Crippen LogP contribution in [0.3, 0.4) is 0 Å². The van der Waals surface area contributed by atoms with Crippen LogP contribution in [0, 0.1) is 17.4 Å². The van der Waals surface area contributed by atoms with Crippen molar-refractivity contribution in [3.8, 4) is 0 Å². The maximum Gasteiger partial charge on any atom is 0.0686 e. The van der Waals surface area contributed by atoms with E-state index >= 15 is 0 Å². The molecule has 0 heterocycles. The van der Waals surface area contributed by atoms with Crippen molar-refractivity contribution >= 4 is 34.0 Å². The standard InChI is InChI=1S/C8H11IN2/c1-4-3-6(10)8(11)7(9)5(4)2/h3H,10-11H2,1-2H3. The van der Waals surface area contributed by atoms with Crippen molar-refractivity contribution in [3.63, 3.8) is 0 Å². The first-order chi connectivity index (χ1) is 5.04. The van der Waals surface area contributed by atoms with Crippen molar-refractivity contribution in [1.29, 1.82) is 0 Å². The summed E-state index contributed by atoms with van der Waals surface area (Å²) >= 11 is 2.22. The van der Waals surface area contributed by atoms with E-state index in [4.69, 9.17) is 11.5 Å². The Balaban J connectivity index is 3.46. The molecule has 4 N–H and O–H groups in total. The van der Waals surface area contributed by atoms with Gasteiger partial charge in [-0.2, -0.15) is 0 Å². The molecule has 1 rings (SSSR count). The summed E-state index contributed by atoms with van der Waals surface area (Å²) < 4.78 is 1.07. The molecule has 1 aromatic rings. The fraction of sp³-hybridized carbons (Fsp3) is 0.250. The SMILES string of the molecule is Cc1cc(N)c(N)c(I)c1C. The fourth-order valence-corrected chi connectivity index (χ4v) is 1.66. The predicted octanol–water partition coefficient (Wildman–Crippen LogP) is 2.07. The van der Waals surface area contributed by atoms with Crippen LogP contribution in [0.1, 0.15) is 11.1 Å². The van der Waals surface area contributed by atoms with Gasteiger partial charge in [-0.3, -0.25) is 0 Å². The zero-order valence-electron chi connectivity index (χ0n) is 6.61. The molecule has 0 saturated carbocycles. The Morgan fingerprint density at radius 1 is 1.27 bits per heavy atom. The molecule has 0 unspecified atom stereocenters. The second kappa shape index (κ2) is 2.89. The number of hydrogen-bond acceptors (Lipinski definition) is 2. The highest BCUT2D eigenvalue weighted by Crippen LogP contribution is 2.27. The predicted molar refractivity (Wildman–Crippen MR) is 57.5 cm³/mol. The Labute approximate surface area is 80.1 Å². The van der Waals surface area contributed by atoms with Gasteiger partial charge in [0, 0.05) is 3.57 Å². The minimum absolute atomic E-state index is 0.678. The molecule has 0 spiro atoms. The van der Waals surface area contributed by atoms with Crippen LogP contribution in [0.2, 0.25) is 0 Å². The lowest BCUT2D eigenvalue weighted by Gasteiger charge is -2.08. The van der Waals surface area contributed by atoms with Gasteiger partial charge in [0.25, 0.3) is 0 Å². The summed E-state index contributed by atoms with van der Waals surface area (Å²) in [5.74, 6) is 0. The smallest absolute Gasteiger partial charge is 0.0686 e. The Hall–Kier alpha value is -0.450. The minimum atomic E-state index is 0.678. The average molecular weight is 262 g/mol. The summed E-state index contributed by atoms with van der Waals surface area (Å²) in [5.41, 5.74) is 15.2. The van der Waals surface area contributed by atoms with E-state index in [1.165, 1.54) is 11.1 Å². The van der Waals surface area contributed by atoms with Crippen LogP contribution in [-0.2, 0) is 0 Å². The van der Waals surface area contributed by atoms with Crippen molar-refractivity contribution in [3.05, 3.63) is 20.8 Å². The van der Waals surface area contributed by atoms with E-state index in [9.17, 15) is 0 Å². The Morgan fingerprint density at radius 3 is 2.36 bits per heavy atom. The molecule has 0 aliphatic rings. The van der Waals surface area contributed by atoms with Gasteiger partial charge in [0.15, 0.2) is 0 Å². The zero-order valence-corrected chi connectivity index (χ0v) is 8.77. The van der Waals surface area contributed by atoms with Crippen molar-refractivity contribution in [2.24, 2.45) is 0 Å². The molecule has 0 fully saturated rings. The molecule has 3 heteroatoms. The number of rotatable bonds is 0. The third-order valence-electron chi connectivity index (χ3n) is 1.84. The van der Waals surface area contributed by atoms with Gasteiger partial charge in [-0.05, 0) is 53.6 Å². The van der Waals surface area contributed by atoms with Crippen molar-refractivity contribution < 1.29 is 0 Å². The number of hydrogen-bond donors (Lipinski definition) is 2. The van der Waals surface area contributed by atoms with Crippen LogP contribution in [0.15, 0.2) is 6.07 Å². The molecule has 0 aliphatic carbocycles. The Kier molecular flexibility index (Phi) is 2.27. The van der Waals surface area contributed by atoms with Crippen LogP contribution >= 0.6 is 22.6 Å². The number of nitrogen functional groups attached to an aromatic ring is 2.